The lowest BCUT2D eigenvalue weighted by molar-refractivity contribution is -0.134. The molecule has 156 valence electrons. The number of aromatic nitrogens is 1. The lowest BCUT2D eigenvalue weighted by atomic mass is 10.0. The number of aliphatic hydroxyl groups excluding tert-OH is 1. The Balaban J connectivity index is 1.44. The summed E-state index contributed by atoms with van der Waals surface area (Å²) in [5.74, 6) is 0.561. The number of rotatable bonds is 7. The number of fused-ring (bicyclic) bond motifs is 1. The Morgan fingerprint density at radius 3 is 2.83 bits per heavy atom. The number of likely N-dealkylation sites (N-methyl/N-ethyl adjacent to an activating group) is 1. The smallest absolute Gasteiger partial charge is 0.260 e. The first kappa shape index (κ1) is 20.3. The highest BCUT2D eigenvalue weighted by Gasteiger charge is 2.28. The first-order valence-electron chi connectivity index (χ1n) is 10.3. The zero-order valence-electron chi connectivity index (χ0n) is 17.1. The van der Waals surface area contributed by atoms with E-state index in [0.717, 1.165) is 29.4 Å². The molecule has 0 spiro atoms. The van der Waals surface area contributed by atoms with E-state index in [1.807, 2.05) is 67.7 Å². The number of ether oxygens (including phenoxy) is 1. The van der Waals surface area contributed by atoms with Crippen molar-refractivity contribution in [3.05, 3.63) is 72.4 Å². The fourth-order valence-corrected chi connectivity index (χ4v) is 3.91. The van der Waals surface area contributed by atoms with Crippen LogP contribution in [0.5, 0.6) is 5.75 Å². The van der Waals surface area contributed by atoms with E-state index in [1.165, 1.54) is 0 Å². The zero-order chi connectivity index (χ0) is 20.9. The van der Waals surface area contributed by atoms with Crippen LogP contribution in [0.4, 0.5) is 0 Å². The summed E-state index contributed by atoms with van der Waals surface area (Å²) in [5, 5.41) is 10.8. The summed E-state index contributed by atoms with van der Waals surface area (Å²) < 4.78 is 5.80. The molecule has 1 saturated heterocycles. The third kappa shape index (κ3) is 4.78. The molecule has 1 fully saturated rings. The first-order valence-corrected chi connectivity index (χ1v) is 10.3. The van der Waals surface area contributed by atoms with E-state index >= 15 is 0 Å². The van der Waals surface area contributed by atoms with Gasteiger partial charge in [0.2, 0.25) is 0 Å². The Hall–Kier alpha value is -2.96. The van der Waals surface area contributed by atoms with Crippen molar-refractivity contribution in [1.82, 2.24) is 14.8 Å². The van der Waals surface area contributed by atoms with Crippen LogP contribution >= 0.6 is 0 Å². The Morgan fingerprint density at radius 1 is 1.23 bits per heavy atom. The number of nitrogens with zero attached hydrogens (tertiary/aromatic N) is 3. The predicted molar refractivity (Wildman–Crippen MR) is 116 cm³/mol. The SMILES string of the molecule is CN(C(=O)COc1ccc2ncccc2c1)[C@H](CN1CCC(O)C1)c1ccccc1. The summed E-state index contributed by atoms with van der Waals surface area (Å²) in [5.41, 5.74) is 1.97. The van der Waals surface area contributed by atoms with Gasteiger partial charge in [0.15, 0.2) is 6.61 Å². The number of β-amino-alcohol motifs (C(OH)–C–C–N with tert-alkyl or cyclic N) is 1. The van der Waals surface area contributed by atoms with Crippen molar-refractivity contribution < 1.29 is 14.6 Å². The van der Waals surface area contributed by atoms with Crippen LogP contribution in [0, 0.1) is 0 Å². The first-order chi connectivity index (χ1) is 14.6. The lowest BCUT2D eigenvalue weighted by Gasteiger charge is -2.32. The Bertz CT molecular complexity index is 995. The van der Waals surface area contributed by atoms with Crippen molar-refractivity contribution in [3.63, 3.8) is 0 Å². The molecule has 2 atom stereocenters. The Labute approximate surface area is 176 Å². The van der Waals surface area contributed by atoms with Gasteiger partial charge in [0.25, 0.3) is 5.91 Å². The van der Waals surface area contributed by atoms with E-state index in [-0.39, 0.29) is 24.7 Å². The van der Waals surface area contributed by atoms with Gasteiger partial charge in [-0.15, -0.1) is 0 Å². The van der Waals surface area contributed by atoms with E-state index in [2.05, 4.69) is 9.88 Å². The number of amides is 1. The normalized spacial score (nSPS) is 17.7. The molecule has 0 bridgehead atoms. The van der Waals surface area contributed by atoms with Crippen molar-refractivity contribution >= 4 is 16.8 Å². The molecule has 1 aliphatic rings. The minimum absolute atomic E-state index is 0.0335. The maximum Gasteiger partial charge on any atom is 0.260 e. The van der Waals surface area contributed by atoms with Gasteiger partial charge in [0.05, 0.1) is 17.7 Å². The van der Waals surface area contributed by atoms with Crippen LogP contribution in [0.3, 0.4) is 0 Å². The topological polar surface area (TPSA) is 65.9 Å². The van der Waals surface area contributed by atoms with E-state index in [1.54, 1.807) is 11.1 Å². The molecule has 0 saturated carbocycles. The number of aliphatic hydroxyl groups is 1. The van der Waals surface area contributed by atoms with Crippen molar-refractivity contribution in [1.29, 1.82) is 0 Å². The second-order valence-electron chi connectivity index (χ2n) is 7.78. The Kier molecular flexibility index (Phi) is 6.26. The molecular formula is C24H27N3O3. The highest BCUT2D eigenvalue weighted by molar-refractivity contribution is 5.80. The number of carbonyl (C=O) groups excluding carboxylic acids is 1. The summed E-state index contributed by atoms with van der Waals surface area (Å²) in [6.45, 7) is 2.14. The van der Waals surface area contributed by atoms with E-state index in [9.17, 15) is 9.90 Å². The third-order valence-corrected chi connectivity index (χ3v) is 5.66. The van der Waals surface area contributed by atoms with Crippen LogP contribution in [-0.2, 0) is 4.79 Å². The van der Waals surface area contributed by atoms with Crippen LogP contribution < -0.4 is 4.74 Å². The summed E-state index contributed by atoms with van der Waals surface area (Å²) in [6, 6.07) is 19.4. The van der Waals surface area contributed by atoms with Crippen molar-refractivity contribution in [2.24, 2.45) is 0 Å². The average molecular weight is 405 g/mol. The van der Waals surface area contributed by atoms with Crippen LogP contribution in [0.25, 0.3) is 10.9 Å². The highest BCUT2D eigenvalue weighted by Crippen LogP contribution is 2.24. The molecule has 1 amide bonds. The van der Waals surface area contributed by atoms with Crippen molar-refractivity contribution in [2.75, 3.05) is 33.3 Å². The average Bonchev–Trinajstić information content (AvgIpc) is 3.20. The summed E-state index contributed by atoms with van der Waals surface area (Å²) in [4.78, 5) is 21.2. The number of benzene rings is 2. The second-order valence-corrected chi connectivity index (χ2v) is 7.78. The summed E-state index contributed by atoms with van der Waals surface area (Å²) in [7, 11) is 1.82. The Morgan fingerprint density at radius 2 is 2.07 bits per heavy atom. The molecule has 6 nitrogen and oxygen atoms in total. The van der Waals surface area contributed by atoms with Crippen molar-refractivity contribution in [3.8, 4) is 5.75 Å². The number of carbonyl (C=O) groups is 1. The van der Waals surface area contributed by atoms with E-state index in [4.69, 9.17) is 4.74 Å². The van der Waals surface area contributed by atoms with Gasteiger partial charge in [0.1, 0.15) is 5.75 Å². The molecule has 1 N–H and O–H groups in total. The van der Waals surface area contributed by atoms with Crippen LogP contribution in [0.15, 0.2) is 66.9 Å². The quantitative estimate of drug-likeness (QED) is 0.655. The predicted octanol–water partition coefficient (Wildman–Crippen LogP) is 2.88. The monoisotopic (exact) mass is 405 g/mol. The fourth-order valence-electron chi connectivity index (χ4n) is 3.91. The summed E-state index contributed by atoms with van der Waals surface area (Å²) in [6.07, 6.45) is 2.25. The van der Waals surface area contributed by atoms with Gasteiger partial charge in [-0.3, -0.25) is 14.7 Å². The summed E-state index contributed by atoms with van der Waals surface area (Å²) >= 11 is 0. The maximum atomic E-state index is 13.0. The number of likely N-dealkylation sites (tertiary alicyclic amines) is 1. The zero-order valence-corrected chi connectivity index (χ0v) is 17.1. The van der Waals surface area contributed by atoms with Crippen LogP contribution in [0.2, 0.25) is 0 Å². The number of pyridine rings is 1. The molecule has 2 heterocycles. The third-order valence-electron chi connectivity index (χ3n) is 5.66. The lowest BCUT2D eigenvalue weighted by Crippen LogP contribution is -2.40. The van der Waals surface area contributed by atoms with Gasteiger partial charge >= 0.3 is 0 Å². The molecule has 30 heavy (non-hydrogen) atoms. The maximum absolute atomic E-state index is 13.0. The van der Waals surface area contributed by atoms with Crippen LogP contribution in [-0.4, -0.2) is 65.2 Å². The molecule has 1 aliphatic heterocycles. The van der Waals surface area contributed by atoms with E-state index < -0.39 is 0 Å². The molecule has 1 aromatic heterocycles. The van der Waals surface area contributed by atoms with Gasteiger partial charge in [0, 0.05) is 38.3 Å². The minimum atomic E-state index is -0.284. The molecule has 1 unspecified atom stereocenters. The standard InChI is InChI=1S/C24H27N3O3/c1-26(23(18-6-3-2-4-7-18)16-27-13-11-20(28)15-27)24(29)17-30-21-9-10-22-19(14-21)8-5-12-25-22/h2-10,12,14,20,23,28H,11,13,15-17H2,1H3/t20?,23-/m1/s1. The molecule has 0 radical (unpaired) electrons. The molecule has 2 aromatic carbocycles. The van der Waals surface area contributed by atoms with Crippen LogP contribution in [0.1, 0.15) is 18.0 Å². The van der Waals surface area contributed by atoms with Gasteiger partial charge in [-0.25, -0.2) is 0 Å². The van der Waals surface area contributed by atoms with Gasteiger partial charge in [-0.2, -0.15) is 0 Å². The van der Waals surface area contributed by atoms with Gasteiger partial charge in [-0.1, -0.05) is 36.4 Å². The fraction of sp³-hybridized carbons (Fsp3) is 0.333. The van der Waals surface area contributed by atoms with Gasteiger partial charge < -0.3 is 14.7 Å². The second kappa shape index (κ2) is 9.24. The number of hydrogen-bond donors (Lipinski definition) is 1. The molecular weight excluding hydrogens is 378 g/mol. The van der Waals surface area contributed by atoms with E-state index in [0.29, 0.717) is 18.8 Å². The molecule has 6 heteroatoms. The highest BCUT2D eigenvalue weighted by atomic mass is 16.5. The minimum Gasteiger partial charge on any atom is -0.484 e. The largest absolute Gasteiger partial charge is 0.484 e. The number of hydrogen-bond acceptors (Lipinski definition) is 5. The molecule has 4 rings (SSSR count). The molecule has 3 aromatic rings. The van der Waals surface area contributed by atoms with Crippen molar-refractivity contribution in [2.45, 2.75) is 18.6 Å². The molecule has 0 aliphatic carbocycles. The van der Waals surface area contributed by atoms with Gasteiger partial charge in [-0.05, 0) is 36.2 Å².